The molecule has 0 amide bonds. The van der Waals surface area contributed by atoms with Gasteiger partial charge >= 0.3 is 0 Å². The zero-order valence-electron chi connectivity index (χ0n) is 9.45. The smallest absolute Gasteiger partial charge is 0.136 e. The summed E-state index contributed by atoms with van der Waals surface area (Å²) in [6, 6.07) is 8.01. The maximum Gasteiger partial charge on any atom is 0.136 e. The van der Waals surface area contributed by atoms with Crippen molar-refractivity contribution in [2.24, 2.45) is 0 Å². The van der Waals surface area contributed by atoms with E-state index in [0.29, 0.717) is 19.4 Å². The number of Topliss-reactive ketones (excluding diaryl/α,β-unsaturated/α-hetero) is 1. The Morgan fingerprint density at radius 2 is 1.87 bits per heavy atom. The van der Waals surface area contributed by atoms with Crippen LogP contribution >= 0.6 is 0 Å². The number of rotatable bonds is 6. The summed E-state index contributed by atoms with van der Waals surface area (Å²) in [5, 5.41) is 0. The normalized spacial score (nSPS) is 10.0. The van der Waals surface area contributed by atoms with Crippen LogP contribution in [0.25, 0.3) is 0 Å². The average Bonchev–Trinajstić information content (AvgIpc) is 2.29. The lowest BCUT2D eigenvalue weighted by Crippen LogP contribution is -2.04. The van der Waals surface area contributed by atoms with Crippen LogP contribution in [0.1, 0.15) is 32.3 Å². The lowest BCUT2D eigenvalue weighted by atomic mass is 10.2. The number of aryl methyl sites for hydroxylation is 1. The van der Waals surface area contributed by atoms with Gasteiger partial charge < -0.3 is 4.74 Å². The monoisotopic (exact) mass is 206 g/mol. The van der Waals surface area contributed by atoms with E-state index in [9.17, 15) is 4.79 Å². The fraction of sp³-hybridized carbons (Fsp3) is 0.462. The van der Waals surface area contributed by atoms with E-state index in [-0.39, 0.29) is 5.78 Å². The minimum atomic E-state index is 0.250. The SMILES string of the molecule is CCC(=O)CCOc1ccc(CC)cc1. The van der Waals surface area contributed by atoms with Crippen LogP contribution in [0.4, 0.5) is 0 Å². The van der Waals surface area contributed by atoms with Crippen molar-refractivity contribution in [3.63, 3.8) is 0 Å². The third kappa shape index (κ3) is 4.15. The number of ether oxygens (including phenoxy) is 1. The molecule has 0 fully saturated rings. The third-order valence-electron chi connectivity index (χ3n) is 2.38. The highest BCUT2D eigenvalue weighted by molar-refractivity contribution is 5.78. The van der Waals surface area contributed by atoms with Gasteiger partial charge in [0.05, 0.1) is 6.61 Å². The molecule has 0 bridgehead atoms. The minimum absolute atomic E-state index is 0.250. The van der Waals surface area contributed by atoms with Gasteiger partial charge in [-0.15, -0.1) is 0 Å². The molecule has 0 unspecified atom stereocenters. The summed E-state index contributed by atoms with van der Waals surface area (Å²) in [6.45, 7) is 4.48. The van der Waals surface area contributed by atoms with E-state index < -0.39 is 0 Å². The Balaban J connectivity index is 2.34. The zero-order valence-corrected chi connectivity index (χ0v) is 9.45. The number of hydrogen-bond acceptors (Lipinski definition) is 2. The van der Waals surface area contributed by atoms with E-state index in [0.717, 1.165) is 12.2 Å². The van der Waals surface area contributed by atoms with Crippen LogP contribution < -0.4 is 4.74 Å². The standard InChI is InChI=1S/C13H18O2/c1-3-11-5-7-13(8-6-11)15-10-9-12(14)4-2/h5-8H,3-4,9-10H2,1-2H3. The van der Waals surface area contributed by atoms with E-state index in [1.807, 2.05) is 19.1 Å². The molecule has 0 aromatic heterocycles. The van der Waals surface area contributed by atoms with Crippen LogP contribution in [0.15, 0.2) is 24.3 Å². The highest BCUT2D eigenvalue weighted by Crippen LogP contribution is 2.12. The fourth-order valence-corrected chi connectivity index (χ4v) is 1.28. The molecule has 2 nitrogen and oxygen atoms in total. The zero-order chi connectivity index (χ0) is 11.1. The Hall–Kier alpha value is -1.31. The largest absolute Gasteiger partial charge is 0.493 e. The van der Waals surface area contributed by atoms with Crippen LogP contribution in [0.5, 0.6) is 5.75 Å². The summed E-state index contributed by atoms with van der Waals surface area (Å²) in [5.41, 5.74) is 1.30. The summed E-state index contributed by atoms with van der Waals surface area (Å²) in [5.74, 6) is 1.09. The number of ketones is 1. The van der Waals surface area contributed by atoms with Gasteiger partial charge in [0, 0.05) is 12.8 Å². The van der Waals surface area contributed by atoms with E-state index in [2.05, 4.69) is 19.1 Å². The van der Waals surface area contributed by atoms with E-state index in [1.54, 1.807) is 0 Å². The number of carbonyl (C=O) groups is 1. The summed E-state index contributed by atoms with van der Waals surface area (Å²) >= 11 is 0. The third-order valence-corrected chi connectivity index (χ3v) is 2.38. The molecule has 1 aromatic carbocycles. The molecule has 0 aliphatic heterocycles. The minimum Gasteiger partial charge on any atom is -0.493 e. The van der Waals surface area contributed by atoms with Gasteiger partial charge in [-0.1, -0.05) is 26.0 Å². The van der Waals surface area contributed by atoms with Gasteiger partial charge in [0.2, 0.25) is 0 Å². The molecule has 0 aliphatic rings. The Bertz CT molecular complexity index is 301. The molecule has 2 heteroatoms. The van der Waals surface area contributed by atoms with Crippen molar-refractivity contribution < 1.29 is 9.53 Å². The first-order valence-electron chi connectivity index (χ1n) is 5.49. The van der Waals surface area contributed by atoms with Gasteiger partial charge in [-0.25, -0.2) is 0 Å². The first-order valence-corrected chi connectivity index (χ1v) is 5.49. The number of benzene rings is 1. The van der Waals surface area contributed by atoms with Gasteiger partial charge in [0.25, 0.3) is 0 Å². The topological polar surface area (TPSA) is 26.3 Å². The van der Waals surface area contributed by atoms with Crippen molar-refractivity contribution in [2.45, 2.75) is 33.1 Å². The van der Waals surface area contributed by atoms with Crippen LogP contribution in [-0.2, 0) is 11.2 Å². The summed E-state index contributed by atoms with van der Waals surface area (Å²) in [6.07, 6.45) is 2.14. The predicted molar refractivity (Wildman–Crippen MR) is 61.2 cm³/mol. The second kappa shape index (κ2) is 6.23. The quantitative estimate of drug-likeness (QED) is 0.715. The summed E-state index contributed by atoms with van der Waals surface area (Å²) in [4.78, 5) is 11.0. The molecular formula is C13H18O2. The van der Waals surface area contributed by atoms with Crippen molar-refractivity contribution in [3.8, 4) is 5.75 Å². The first-order chi connectivity index (χ1) is 7.26. The second-order valence-corrected chi connectivity index (χ2v) is 3.49. The van der Waals surface area contributed by atoms with E-state index in [1.165, 1.54) is 5.56 Å². The summed E-state index contributed by atoms with van der Waals surface area (Å²) < 4.78 is 5.46. The van der Waals surface area contributed by atoms with Crippen molar-refractivity contribution in [1.82, 2.24) is 0 Å². The Morgan fingerprint density at radius 1 is 1.20 bits per heavy atom. The van der Waals surface area contributed by atoms with E-state index >= 15 is 0 Å². The van der Waals surface area contributed by atoms with E-state index in [4.69, 9.17) is 4.74 Å². The predicted octanol–water partition coefficient (Wildman–Crippen LogP) is 3.00. The van der Waals surface area contributed by atoms with Crippen molar-refractivity contribution in [1.29, 1.82) is 0 Å². The Kier molecular flexibility index (Phi) is 4.88. The maximum absolute atomic E-state index is 11.0. The maximum atomic E-state index is 11.0. The molecule has 0 heterocycles. The lowest BCUT2D eigenvalue weighted by molar-refractivity contribution is -0.119. The molecule has 1 aromatic rings. The molecule has 82 valence electrons. The second-order valence-electron chi connectivity index (χ2n) is 3.49. The van der Waals surface area contributed by atoms with Gasteiger partial charge in [-0.05, 0) is 24.1 Å². The molecule has 0 aliphatic carbocycles. The molecule has 0 radical (unpaired) electrons. The Morgan fingerprint density at radius 3 is 2.40 bits per heavy atom. The van der Waals surface area contributed by atoms with Crippen LogP contribution in [0, 0.1) is 0 Å². The lowest BCUT2D eigenvalue weighted by Gasteiger charge is -2.05. The average molecular weight is 206 g/mol. The van der Waals surface area contributed by atoms with Crippen LogP contribution in [0.3, 0.4) is 0 Å². The van der Waals surface area contributed by atoms with Gasteiger partial charge in [-0.2, -0.15) is 0 Å². The van der Waals surface area contributed by atoms with Crippen LogP contribution in [0.2, 0.25) is 0 Å². The molecule has 1 rings (SSSR count). The first kappa shape index (κ1) is 11.8. The number of hydrogen-bond donors (Lipinski definition) is 0. The number of carbonyl (C=O) groups excluding carboxylic acids is 1. The highest BCUT2D eigenvalue weighted by Gasteiger charge is 1.99. The highest BCUT2D eigenvalue weighted by atomic mass is 16.5. The van der Waals surface area contributed by atoms with Crippen molar-refractivity contribution in [3.05, 3.63) is 29.8 Å². The summed E-state index contributed by atoms with van der Waals surface area (Å²) in [7, 11) is 0. The Labute approximate surface area is 91.3 Å². The molecule has 0 saturated heterocycles. The molecule has 0 spiro atoms. The van der Waals surface area contributed by atoms with Gasteiger partial charge in [0.15, 0.2) is 0 Å². The van der Waals surface area contributed by atoms with Gasteiger partial charge in [0.1, 0.15) is 11.5 Å². The molecule has 15 heavy (non-hydrogen) atoms. The van der Waals surface area contributed by atoms with Crippen LogP contribution in [-0.4, -0.2) is 12.4 Å². The molecule has 0 saturated carbocycles. The van der Waals surface area contributed by atoms with Crippen molar-refractivity contribution >= 4 is 5.78 Å². The van der Waals surface area contributed by atoms with Crippen molar-refractivity contribution in [2.75, 3.05) is 6.61 Å². The van der Waals surface area contributed by atoms with Gasteiger partial charge in [-0.3, -0.25) is 4.79 Å². The molecular weight excluding hydrogens is 188 g/mol. The molecule has 0 atom stereocenters. The molecule has 0 N–H and O–H groups in total. The fourth-order valence-electron chi connectivity index (χ4n) is 1.28.